The van der Waals surface area contributed by atoms with Crippen molar-refractivity contribution in [3.63, 3.8) is 0 Å². The molecule has 32 heavy (non-hydrogen) atoms. The van der Waals surface area contributed by atoms with Crippen LogP contribution in [-0.4, -0.2) is 45.9 Å². The Morgan fingerprint density at radius 1 is 1.12 bits per heavy atom. The number of aromatic nitrogens is 2. The summed E-state index contributed by atoms with van der Waals surface area (Å²) >= 11 is 0. The van der Waals surface area contributed by atoms with Crippen LogP contribution in [0.4, 0.5) is 0 Å². The standard InChI is InChI=1S/C26H30N4O2/c1-18-6-5-7-19(16-18)25(32)30-14-11-26(12-15-30)17-20(26)24(31)27-13-10-23-28-21-8-3-4-9-22(21)29(23)2/h3-9,16,20H,10-15,17H2,1-2H3,(H,27,31). The molecule has 2 amide bonds. The second-order valence-electron chi connectivity index (χ2n) is 9.40. The van der Waals surface area contributed by atoms with Crippen LogP contribution in [0.1, 0.15) is 41.0 Å². The van der Waals surface area contributed by atoms with Crippen molar-refractivity contribution in [1.29, 1.82) is 0 Å². The van der Waals surface area contributed by atoms with E-state index < -0.39 is 0 Å². The molecule has 1 saturated carbocycles. The first-order valence-corrected chi connectivity index (χ1v) is 11.5. The molecule has 1 saturated heterocycles. The number of para-hydroxylation sites is 2. The van der Waals surface area contributed by atoms with Gasteiger partial charge in [-0.1, -0.05) is 29.8 Å². The predicted molar refractivity (Wildman–Crippen MR) is 124 cm³/mol. The largest absolute Gasteiger partial charge is 0.355 e. The summed E-state index contributed by atoms with van der Waals surface area (Å²) in [5, 5.41) is 3.13. The van der Waals surface area contributed by atoms with Crippen molar-refractivity contribution in [2.45, 2.75) is 32.6 Å². The number of rotatable bonds is 5. The van der Waals surface area contributed by atoms with Gasteiger partial charge in [0.25, 0.3) is 5.91 Å². The lowest BCUT2D eigenvalue weighted by Gasteiger charge is -2.33. The van der Waals surface area contributed by atoms with Crippen molar-refractivity contribution in [2.24, 2.45) is 18.4 Å². The molecule has 2 heterocycles. The summed E-state index contributed by atoms with van der Waals surface area (Å²) in [6.07, 6.45) is 3.48. The highest BCUT2D eigenvalue weighted by atomic mass is 16.2. The zero-order valence-corrected chi connectivity index (χ0v) is 18.8. The quantitative estimate of drug-likeness (QED) is 0.674. The summed E-state index contributed by atoms with van der Waals surface area (Å²) in [4.78, 5) is 32.2. The molecule has 2 aliphatic rings. The summed E-state index contributed by atoms with van der Waals surface area (Å²) < 4.78 is 2.10. The summed E-state index contributed by atoms with van der Waals surface area (Å²) in [6.45, 7) is 4.07. The lowest BCUT2D eigenvalue weighted by molar-refractivity contribution is -0.123. The van der Waals surface area contributed by atoms with Gasteiger partial charge in [0.2, 0.25) is 5.91 Å². The monoisotopic (exact) mass is 430 g/mol. The number of carbonyl (C=O) groups excluding carboxylic acids is 2. The zero-order valence-electron chi connectivity index (χ0n) is 18.8. The fraction of sp³-hybridized carbons (Fsp3) is 0.423. The van der Waals surface area contributed by atoms with E-state index >= 15 is 0 Å². The second-order valence-corrected chi connectivity index (χ2v) is 9.40. The van der Waals surface area contributed by atoms with E-state index in [0.717, 1.165) is 66.8 Å². The fourth-order valence-electron chi connectivity index (χ4n) is 5.23. The SMILES string of the molecule is Cc1cccc(C(=O)N2CCC3(CC2)CC3C(=O)NCCc2nc3ccccc3n2C)c1. The van der Waals surface area contributed by atoms with E-state index in [2.05, 4.69) is 20.9 Å². The number of hydrogen-bond acceptors (Lipinski definition) is 3. The van der Waals surface area contributed by atoms with Gasteiger partial charge in [-0.25, -0.2) is 4.98 Å². The molecule has 5 rings (SSSR count). The number of aryl methyl sites for hydroxylation is 2. The minimum Gasteiger partial charge on any atom is -0.355 e. The number of hydrogen-bond donors (Lipinski definition) is 1. The number of benzene rings is 2. The Labute approximate surface area is 188 Å². The summed E-state index contributed by atoms with van der Waals surface area (Å²) in [5.74, 6) is 1.33. The van der Waals surface area contributed by atoms with E-state index in [9.17, 15) is 9.59 Å². The van der Waals surface area contributed by atoms with Crippen LogP contribution in [0.2, 0.25) is 0 Å². The third-order valence-electron chi connectivity index (χ3n) is 7.35. The highest BCUT2D eigenvalue weighted by Crippen LogP contribution is 2.59. The van der Waals surface area contributed by atoms with Gasteiger partial charge in [-0.15, -0.1) is 0 Å². The molecular formula is C26H30N4O2. The van der Waals surface area contributed by atoms with Gasteiger partial charge in [0, 0.05) is 44.6 Å². The van der Waals surface area contributed by atoms with Gasteiger partial charge in [0.1, 0.15) is 5.82 Å². The van der Waals surface area contributed by atoms with E-state index in [4.69, 9.17) is 0 Å². The Bertz CT molecular complexity index is 1170. The topological polar surface area (TPSA) is 67.2 Å². The lowest BCUT2D eigenvalue weighted by atomic mass is 9.90. The number of fused-ring (bicyclic) bond motifs is 1. The van der Waals surface area contributed by atoms with Crippen molar-refractivity contribution >= 4 is 22.8 Å². The van der Waals surface area contributed by atoms with E-state index in [1.807, 2.05) is 61.3 Å². The molecule has 0 radical (unpaired) electrons. The zero-order chi connectivity index (χ0) is 22.3. The predicted octanol–water partition coefficient (Wildman–Crippen LogP) is 3.48. The van der Waals surface area contributed by atoms with Crippen LogP contribution in [-0.2, 0) is 18.3 Å². The van der Waals surface area contributed by atoms with Crippen molar-refractivity contribution in [1.82, 2.24) is 19.8 Å². The van der Waals surface area contributed by atoms with Crippen molar-refractivity contribution in [3.05, 3.63) is 65.5 Å². The Morgan fingerprint density at radius 2 is 1.91 bits per heavy atom. The van der Waals surface area contributed by atoms with E-state index in [1.54, 1.807) is 0 Å². The van der Waals surface area contributed by atoms with Gasteiger partial charge in [-0.3, -0.25) is 9.59 Å². The number of nitrogens with zero attached hydrogens (tertiary/aromatic N) is 3. The molecule has 0 bridgehead atoms. The Balaban J connectivity index is 1.12. The molecule has 1 N–H and O–H groups in total. The molecule has 6 nitrogen and oxygen atoms in total. The van der Waals surface area contributed by atoms with Crippen molar-refractivity contribution in [3.8, 4) is 0 Å². The smallest absolute Gasteiger partial charge is 0.253 e. The first kappa shape index (κ1) is 20.7. The third kappa shape index (κ3) is 3.78. The molecule has 166 valence electrons. The van der Waals surface area contributed by atoms with Crippen LogP contribution < -0.4 is 5.32 Å². The summed E-state index contributed by atoms with van der Waals surface area (Å²) in [5.41, 5.74) is 4.05. The normalized spacial score (nSPS) is 19.3. The molecule has 1 atom stereocenters. The van der Waals surface area contributed by atoms with Gasteiger partial charge in [0.05, 0.1) is 11.0 Å². The average Bonchev–Trinajstić information content (AvgIpc) is 3.41. The van der Waals surface area contributed by atoms with Crippen LogP contribution in [0, 0.1) is 18.3 Å². The van der Waals surface area contributed by atoms with Gasteiger partial charge in [0.15, 0.2) is 0 Å². The molecule has 3 aromatic rings. The molecule has 1 aromatic heterocycles. The number of piperidine rings is 1. The Hall–Kier alpha value is -3.15. The first-order chi connectivity index (χ1) is 15.5. The maximum atomic E-state index is 12.8. The van der Waals surface area contributed by atoms with E-state index in [1.165, 1.54) is 0 Å². The first-order valence-electron chi connectivity index (χ1n) is 11.5. The maximum absolute atomic E-state index is 12.8. The number of nitrogens with one attached hydrogen (secondary N) is 1. The molecule has 1 unspecified atom stereocenters. The van der Waals surface area contributed by atoms with Crippen LogP contribution in [0.15, 0.2) is 48.5 Å². The Morgan fingerprint density at radius 3 is 2.66 bits per heavy atom. The minimum absolute atomic E-state index is 0.0826. The summed E-state index contributed by atoms with van der Waals surface area (Å²) in [6, 6.07) is 15.9. The van der Waals surface area contributed by atoms with Crippen LogP contribution in [0.5, 0.6) is 0 Å². The molecule has 1 aliphatic carbocycles. The molecule has 2 fully saturated rings. The summed E-state index contributed by atoms with van der Waals surface area (Å²) in [7, 11) is 2.02. The molecule has 6 heteroatoms. The van der Waals surface area contributed by atoms with Crippen molar-refractivity contribution in [2.75, 3.05) is 19.6 Å². The van der Waals surface area contributed by atoms with Gasteiger partial charge in [-0.2, -0.15) is 0 Å². The number of amides is 2. The fourth-order valence-corrected chi connectivity index (χ4v) is 5.23. The van der Waals surface area contributed by atoms with Gasteiger partial charge in [-0.05, 0) is 55.9 Å². The van der Waals surface area contributed by atoms with Crippen LogP contribution in [0.3, 0.4) is 0 Å². The van der Waals surface area contributed by atoms with E-state index in [0.29, 0.717) is 6.54 Å². The lowest BCUT2D eigenvalue weighted by Crippen LogP contribution is -2.40. The molecule has 1 aliphatic heterocycles. The highest BCUT2D eigenvalue weighted by molar-refractivity contribution is 5.94. The molecule has 1 spiro atoms. The number of imidazole rings is 1. The van der Waals surface area contributed by atoms with Gasteiger partial charge >= 0.3 is 0 Å². The van der Waals surface area contributed by atoms with Crippen LogP contribution in [0.25, 0.3) is 11.0 Å². The second kappa shape index (κ2) is 8.08. The van der Waals surface area contributed by atoms with Gasteiger partial charge < -0.3 is 14.8 Å². The number of likely N-dealkylation sites (tertiary alicyclic amines) is 1. The molecule has 2 aromatic carbocycles. The average molecular weight is 431 g/mol. The molecular weight excluding hydrogens is 400 g/mol. The third-order valence-corrected chi connectivity index (χ3v) is 7.35. The Kier molecular flexibility index (Phi) is 5.24. The highest BCUT2D eigenvalue weighted by Gasteiger charge is 2.58. The number of carbonyl (C=O) groups is 2. The van der Waals surface area contributed by atoms with Crippen molar-refractivity contribution < 1.29 is 9.59 Å². The maximum Gasteiger partial charge on any atom is 0.253 e. The van der Waals surface area contributed by atoms with E-state index in [-0.39, 0.29) is 23.1 Å². The van der Waals surface area contributed by atoms with Crippen LogP contribution >= 0.6 is 0 Å². The minimum atomic E-state index is 0.0826.